The van der Waals surface area contributed by atoms with Gasteiger partial charge in [-0.2, -0.15) is 0 Å². The third-order valence-corrected chi connectivity index (χ3v) is 8.66. The van der Waals surface area contributed by atoms with Gasteiger partial charge in [-0.25, -0.2) is 8.78 Å². The molecular formula is C29H41F2N5O. The highest BCUT2D eigenvalue weighted by atomic mass is 19.3. The summed E-state index contributed by atoms with van der Waals surface area (Å²) < 4.78 is 76.8. The minimum atomic E-state index is -2.75. The number of carbonyl (C=O) groups excluding carboxylic acids is 1. The van der Waals surface area contributed by atoms with Crippen molar-refractivity contribution in [2.24, 2.45) is 5.92 Å². The van der Waals surface area contributed by atoms with Crippen molar-refractivity contribution >= 4 is 5.91 Å². The number of nitrogens with zero attached hydrogens (tertiary/aromatic N) is 4. The van der Waals surface area contributed by atoms with Crippen LogP contribution in [0, 0.1) is 12.8 Å². The lowest BCUT2D eigenvalue weighted by molar-refractivity contribution is -0.130. The van der Waals surface area contributed by atoms with E-state index in [0.717, 1.165) is 37.8 Å². The average Bonchev–Trinajstić information content (AvgIpc) is 3.39. The topological polar surface area (TPSA) is 63.1 Å². The Morgan fingerprint density at radius 3 is 2.41 bits per heavy atom. The second kappa shape index (κ2) is 10.8. The summed E-state index contributed by atoms with van der Waals surface area (Å²) >= 11 is 0. The highest BCUT2D eigenvalue weighted by Gasteiger charge is 2.42. The second-order valence-electron chi connectivity index (χ2n) is 11.0. The molecule has 0 spiro atoms. The molecule has 2 unspecified atom stereocenters. The number of aromatic nitrogens is 3. The first-order valence-corrected chi connectivity index (χ1v) is 13.5. The number of hydrogen-bond donors (Lipinski definition) is 1. The van der Waals surface area contributed by atoms with Gasteiger partial charge in [-0.1, -0.05) is 44.0 Å². The molecule has 2 bridgehead atoms. The number of aryl methyl sites for hydroxylation is 1. The zero-order valence-electron chi connectivity index (χ0n) is 27.4. The van der Waals surface area contributed by atoms with Gasteiger partial charge in [0.15, 0.2) is 0 Å². The van der Waals surface area contributed by atoms with Crippen molar-refractivity contribution in [3.63, 3.8) is 0 Å². The Hall–Kier alpha value is -2.35. The number of rotatable bonds is 8. The molecule has 1 amide bonds. The van der Waals surface area contributed by atoms with E-state index < -0.39 is 31.5 Å². The zero-order chi connectivity index (χ0) is 31.2. The van der Waals surface area contributed by atoms with Crippen molar-refractivity contribution < 1.29 is 21.8 Å². The zero-order valence-corrected chi connectivity index (χ0v) is 21.4. The van der Waals surface area contributed by atoms with Crippen LogP contribution in [0.4, 0.5) is 8.78 Å². The number of carbonyl (C=O) groups is 1. The van der Waals surface area contributed by atoms with Crippen LogP contribution < -0.4 is 5.32 Å². The predicted octanol–water partition coefficient (Wildman–Crippen LogP) is 5.95. The van der Waals surface area contributed by atoms with E-state index in [9.17, 15) is 13.6 Å². The summed E-state index contributed by atoms with van der Waals surface area (Å²) in [5.74, 6) is -4.47. The van der Waals surface area contributed by atoms with E-state index in [1.807, 2.05) is 30.3 Å². The molecule has 1 saturated carbocycles. The number of amides is 1. The summed E-state index contributed by atoms with van der Waals surface area (Å²) in [5, 5.41) is 11.4. The van der Waals surface area contributed by atoms with Crippen LogP contribution in [0.3, 0.4) is 0 Å². The van der Waals surface area contributed by atoms with Gasteiger partial charge in [-0.3, -0.25) is 9.69 Å². The van der Waals surface area contributed by atoms with Crippen LogP contribution in [0.1, 0.15) is 115 Å². The summed E-state index contributed by atoms with van der Waals surface area (Å²) in [6.45, 7) is -3.04. The maximum Gasteiger partial charge on any atom is 0.248 e. The Morgan fingerprint density at radius 1 is 1.08 bits per heavy atom. The number of alkyl halides is 2. The van der Waals surface area contributed by atoms with Gasteiger partial charge in [-0.05, 0) is 57.4 Å². The van der Waals surface area contributed by atoms with E-state index in [1.165, 1.54) is 0 Å². The van der Waals surface area contributed by atoms with Crippen LogP contribution >= 0.6 is 0 Å². The van der Waals surface area contributed by atoms with Crippen LogP contribution in [-0.4, -0.2) is 50.1 Å². The molecule has 0 radical (unpaired) electrons. The van der Waals surface area contributed by atoms with Gasteiger partial charge in [-0.15, -0.1) is 10.2 Å². The smallest absolute Gasteiger partial charge is 0.248 e. The molecule has 1 N–H and O–H groups in total. The van der Waals surface area contributed by atoms with E-state index >= 15 is 0 Å². The first kappa shape index (κ1) is 19.7. The van der Waals surface area contributed by atoms with Crippen molar-refractivity contribution in [3.8, 4) is 0 Å². The third kappa shape index (κ3) is 5.74. The number of hydrogen-bond acceptors (Lipinski definition) is 4. The lowest BCUT2D eigenvalue weighted by atomic mass is 9.86. The van der Waals surface area contributed by atoms with Gasteiger partial charge in [0.05, 0.1) is 6.04 Å². The van der Waals surface area contributed by atoms with Crippen LogP contribution in [0.15, 0.2) is 30.3 Å². The Balaban J connectivity index is 1.28. The molecule has 2 aliphatic heterocycles. The van der Waals surface area contributed by atoms with Gasteiger partial charge in [0.1, 0.15) is 11.6 Å². The maximum absolute atomic E-state index is 13.7. The normalized spacial score (nSPS) is 30.0. The van der Waals surface area contributed by atoms with Gasteiger partial charge in [0.2, 0.25) is 11.8 Å². The van der Waals surface area contributed by atoms with Crippen molar-refractivity contribution in [2.75, 3.05) is 6.54 Å². The van der Waals surface area contributed by atoms with Crippen molar-refractivity contribution in [1.82, 2.24) is 25.0 Å². The molecule has 1 aromatic carbocycles. The maximum atomic E-state index is 13.7. The highest BCUT2D eigenvalue weighted by Crippen LogP contribution is 2.42. The van der Waals surface area contributed by atoms with E-state index in [4.69, 9.17) is 8.22 Å². The quantitative estimate of drug-likeness (QED) is 0.468. The van der Waals surface area contributed by atoms with Gasteiger partial charge < -0.3 is 9.88 Å². The van der Waals surface area contributed by atoms with Gasteiger partial charge in [0.25, 0.3) is 0 Å². The van der Waals surface area contributed by atoms with E-state index in [0.29, 0.717) is 12.2 Å². The van der Waals surface area contributed by atoms with Crippen molar-refractivity contribution in [1.29, 1.82) is 0 Å². The second-order valence-corrected chi connectivity index (χ2v) is 11.0. The molecule has 3 atom stereocenters. The molecule has 1 aliphatic carbocycles. The fourth-order valence-electron chi connectivity index (χ4n) is 6.73. The molecule has 202 valence electrons. The number of nitrogens with one attached hydrogen (secondary N) is 1. The molecule has 3 aliphatic rings. The lowest BCUT2D eigenvalue weighted by Crippen LogP contribution is -2.45. The molecule has 2 aromatic rings. The van der Waals surface area contributed by atoms with Crippen LogP contribution in [0.2, 0.25) is 0 Å². The average molecular weight is 520 g/mol. The number of piperidine rings is 1. The summed E-state index contributed by atoms with van der Waals surface area (Å²) in [6.07, 6.45) is 3.90. The highest BCUT2D eigenvalue weighted by molar-refractivity contribution is 5.79. The minimum Gasteiger partial charge on any atom is -0.349 e. The standard InChI is InChI=1S/C29H41F2N5O/c1-19(2)27-34-33-20(3)36(27)25-17-23-9-10-24(18-25)35(23)16-13-26(21-7-5-4-6-8-21)32-28(37)22-11-14-29(30,31)15-12-22/h4-8,19,22-26H,9-18H2,1-3H3,(H,32,37)/t23?,24?,25?,26-/m1/s1/i1D3,2D3. The Labute approximate surface area is 227 Å². The summed E-state index contributed by atoms with van der Waals surface area (Å²) in [5.41, 5.74) is 0.976. The van der Waals surface area contributed by atoms with Crippen LogP contribution in [0.5, 0.6) is 0 Å². The van der Waals surface area contributed by atoms with E-state index in [1.54, 1.807) is 11.5 Å². The molecule has 3 fully saturated rings. The predicted molar refractivity (Wildman–Crippen MR) is 139 cm³/mol. The monoisotopic (exact) mass is 519 g/mol. The summed E-state index contributed by atoms with van der Waals surface area (Å²) in [4.78, 5) is 15.6. The van der Waals surface area contributed by atoms with Gasteiger partial charge >= 0.3 is 0 Å². The van der Waals surface area contributed by atoms with Crippen LogP contribution in [0.25, 0.3) is 0 Å². The summed E-state index contributed by atoms with van der Waals surface area (Å²) in [6, 6.07) is 9.79. The Kier molecular flexibility index (Phi) is 5.74. The van der Waals surface area contributed by atoms with Crippen molar-refractivity contribution in [3.05, 3.63) is 47.5 Å². The third-order valence-electron chi connectivity index (χ3n) is 8.66. The first-order valence-electron chi connectivity index (χ1n) is 16.5. The minimum absolute atomic E-state index is 0.00248. The van der Waals surface area contributed by atoms with E-state index in [-0.39, 0.29) is 61.6 Å². The molecule has 1 aromatic heterocycles. The van der Waals surface area contributed by atoms with E-state index in [2.05, 4.69) is 20.4 Å². The largest absolute Gasteiger partial charge is 0.349 e. The molecule has 5 rings (SSSR count). The number of benzene rings is 1. The Bertz CT molecular complexity index is 1230. The summed E-state index contributed by atoms with van der Waals surface area (Å²) in [7, 11) is 0. The molecule has 37 heavy (non-hydrogen) atoms. The SMILES string of the molecule is [2H]C([2H])([2H])C(c1nnc(C)n1C1CC2CCC(C1)N2CC[C@@H](NC(=O)C1CCC(F)(F)CC1)c1ccccc1)C([2H])([2H])[2H]. The molecular weight excluding hydrogens is 472 g/mol. The number of halogens is 2. The van der Waals surface area contributed by atoms with Crippen LogP contribution in [-0.2, 0) is 4.79 Å². The van der Waals surface area contributed by atoms with Crippen molar-refractivity contribution in [2.45, 2.75) is 114 Å². The number of fused-ring (bicyclic) bond motifs is 2. The molecule has 3 heterocycles. The molecule has 2 saturated heterocycles. The first-order chi connectivity index (χ1) is 20.1. The lowest BCUT2D eigenvalue weighted by Gasteiger charge is -2.40. The van der Waals surface area contributed by atoms with Gasteiger partial charge in [0, 0.05) is 57.6 Å². The molecule has 8 heteroatoms. The molecule has 6 nitrogen and oxygen atoms in total. The fraction of sp³-hybridized carbons (Fsp3) is 0.690. The Morgan fingerprint density at radius 2 is 1.76 bits per heavy atom. The fourth-order valence-corrected chi connectivity index (χ4v) is 6.73.